The maximum absolute atomic E-state index is 12.3. The lowest BCUT2D eigenvalue weighted by molar-refractivity contribution is 0.0584. The zero-order valence-corrected chi connectivity index (χ0v) is 14.6. The first-order valence-corrected chi connectivity index (χ1v) is 7.92. The molecule has 1 N–H and O–H groups in total. The first-order chi connectivity index (χ1) is 10.1. The van der Waals surface area contributed by atoms with Crippen molar-refractivity contribution < 1.29 is 9.53 Å². The van der Waals surface area contributed by atoms with E-state index in [1.54, 1.807) is 4.90 Å². The maximum atomic E-state index is 12.3. The highest BCUT2D eigenvalue weighted by atomic mass is 16.6. The highest BCUT2D eigenvalue weighted by Gasteiger charge is 2.29. The Hall–Kier alpha value is -1.71. The molecular formula is C18H28N2O2. The Morgan fingerprint density at radius 3 is 2.50 bits per heavy atom. The number of carbonyl (C=O) groups is 1. The van der Waals surface area contributed by atoms with E-state index in [1.807, 2.05) is 32.9 Å². The Kier molecular flexibility index (Phi) is 4.41. The molecule has 1 heterocycles. The average molecular weight is 304 g/mol. The van der Waals surface area contributed by atoms with E-state index in [-0.39, 0.29) is 11.5 Å². The van der Waals surface area contributed by atoms with Gasteiger partial charge in [0.15, 0.2) is 0 Å². The third kappa shape index (κ3) is 4.39. The van der Waals surface area contributed by atoms with Gasteiger partial charge in [-0.25, -0.2) is 4.79 Å². The van der Waals surface area contributed by atoms with Gasteiger partial charge < -0.3 is 10.1 Å². The normalized spacial score (nSPS) is 14.7. The van der Waals surface area contributed by atoms with Crippen LogP contribution in [0.2, 0.25) is 0 Å². The summed E-state index contributed by atoms with van der Waals surface area (Å²) in [6, 6.07) is 6.19. The van der Waals surface area contributed by atoms with Crippen LogP contribution in [0, 0.1) is 5.41 Å². The summed E-state index contributed by atoms with van der Waals surface area (Å²) in [5.41, 5.74) is 3.05. The van der Waals surface area contributed by atoms with Crippen LogP contribution in [0.5, 0.6) is 0 Å². The summed E-state index contributed by atoms with van der Waals surface area (Å²) in [5, 5.41) is 3.46. The molecule has 4 heteroatoms. The maximum Gasteiger partial charge on any atom is 0.414 e. The molecule has 1 aromatic carbocycles. The summed E-state index contributed by atoms with van der Waals surface area (Å²) < 4.78 is 5.47. The fourth-order valence-corrected chi connectivity index (χ4v) is 2.39. The molecule has 0 bridgehead atoms. The van der Waals surface area contributed by atoms with Gasteiger partial charge in [0.25, 0.3) is 0 Å². The van der Waals surface area contributed by atoms with Crippen LogP contribution < -0.4 is 10.2 Å². The fraction of sp³-hybridized carbons (Fsp3) is 0.611. The summed E-state index contributed by atoms with van der Waals surface area (Å²) in [6.45, 7) is 13.9. The molecule has 0 aliphatic carbocycles. The number of fused-ring (bicyclic) bond motifs is 1. The molecule has 0 spiro atoms. The average Bonchev–Trinajstić information content (AvgIpc) is 2.76. The van der Waals surface area contributed by atoms with E-state index in [1.165, 1.54) is 5.56 Å². The van der Waals surface area contributed by atoms with Crippen molar-refractivity contribution in [1.29, 1.82) is 0 Å². The van der Waals surface area contributed by atoms with Crippen LogP contribution in [0.4, 0.5) is 16.2 Å². The quantitative estimate of drug-likeness (QED) is 0.878. The first kappa shape index (κ1) is 16.7. The standard InChI is InChI=1S/C18H28N2O2/c1-17(2,3)12-19-14-7-8-15-13(11-14)9-10-20(15)16(21)22-18(4,5)6/h7-8,11,19H,9-10,12H2,1-6H3. The Bertz CT molecular complexity index is 553. The van der Waals surface area contributed by atoms with Crippen molar-refractivity contribution in [2.75, 3.05) is 23.3 Å². The predicted molar refractivity (Wildman–Crippen MR) is 91.7 cm³/mol. The van der Waals surface area contributed by atoms with Crippen molar-refractivity contribution in [3.8, 4) is 0 Å². The fourth-order valence-electron chi connectivity index (χ4n) is 2.39. The lowest BCUT2D eigenvalue weighted by Gasteiger charge is -2.25. The van der Waals surface area contributed by atoms with Gasteiger partial charge in [-0.1, -0.05) is 20.8 Å². The Morgan fingerprint density at radius 2 is 1.91 bits per heavy atom. The van der Waals surface area contributed by atoms with E-state index >= 15 is 0 Å². The number of benzene rings is 1. The van der Waals surface area contributed by atoms with Gasteiger partial charge in [-0.05, 0) is 56.4 Å². The zero-order valence-electron chi connectivity index (χ0n) is 14.6. The van der Waals surface area contributed by atoms with E-state index in [0.717, 1.165) is 24.3 Å². The van der Waals surface area contributed by atoms with Crippen LogP contribution >= 0.6 is 0 Å². The SMILES string of the molecule is CC(C)(C)CNc1ccc2c(c1)CCN2C(=O)OC(C)(C)C. The minimum Gasteiger partial charge on any atom is -0.443 e. The van der Waals surface area contributed by atoms with E-state index in [9.17, 15) is 4.79 Å². The molecule has 1 aliphatic heterocycles. The molecule has 0 fully saturated rings. The topological polar surface area (TPSA) is 41.6 Å². The van der Waals surface area contributed by atoms with E-state index < -0.39 is 5.60 Å². The Labute approximate surface area is 133 Å². The molecule has 0 aromatic heterocycles. The molecule has 1 aromatic rings. The zero-order chi connectivity index (χ0) is 16.5. The predicted octanol–water partition coefficient (Wildman–Crippen LogP) is 4.44. The molecule has 22 heavy (non-hydrogen) atoms. The van der Waals surface area contributed by atoms with Crippen LogP contribution in [0.1, 0.15) is 47.1 Å². The van der Waals surface area contributed by atoms with Gasteiger partial charge in [0.05, 0.1) is 5.69 Å². The van der Waals surface area contributed by atoms with Crippen LogP contribution in [-0.2, 0) is 11.2 Å². The van der Waals surface area contributed by atoms with Crippen LogP contribution in [0.15, 0.2) is 18.2 Å². The van der Waals surface area contributed by atoms with Gasteiger partial charge in [-0.15, -0.1) is 0 Å². The highest BCUT2D eigenvalue weighted by molar-refractivity contribution is 5.91. The molecule has 0 saturated heterocycles. The minimum atomic E-state index is -0.464. The number of hydrogen-bond acceptors (Lipinski definition) is 3. The number of anilines is 2. The molecule has 0 unspecified atom stereocenters. The molecule has 1 aliphatic rings. The van der Waals surface area contributed by atoms with Gasteiger partial charge in [0.2, 0.25) is 0 Å². The summed E-state index contributed by atoms with van der Waals surface area (Å²) in [7, 11) is 0. The van der Waals surface area contributed by atoms with Crippen molar-refractivity contribution in [3.05, 3.63) is 23.8 Å². The summed E-state index contributed by atoms with van der Waals surface area (Å²) in [4.78, 5) is 14.0. The summed E-state index contributed by atoms with van der Waals surface area (Å²) in [6.07, 6.45) is 0.612. The molecule has 0 atom stereocenters. The summed E-state index contributed by atoms with van der Waals surface area (Å²) in [5.74, 6) is 0. The van der Waals surface area contributed by atoms with Gasteiger partial charge in [-0.3, -0.25) is 4.90 Å². The second-order valence-corrected chi connectivity index (χ2v) is 8.14. The lowest BCUT2D eigenvalue weighted by atomic mass is 9.97. The molecule has 1 amide bonds. The third-order valence-corrected chi connectivity index (χ3v) is 3.41. The van der Waals surface area contributed by atoms with Crippen molar-refractivity contribution in [2.24, 2.45) is 5.41 Å². The number of rotatable bonds is 2. The second kappa shape index (κ2) is 5.82. The van der Waals surface area contributed by atoms with Gasteiger partial charge in [0.1, 0.15) is 5.60 Å². The molecule has 2 rings (SSSR count). The van der Waals surface area contributed by atoms with E-state index in [2.05, 4.69) is 32.2 Å². The van der Waals surface area contributed by atoms with E-state index in [0.29, 0.717) is 6.54 Å². The molecular weight excluding hydrogens is 276 g/mol. The van der Waals surface area contributed by atoms with Crippen molar-refractivity contribution in [1.82, 2.24) is 0 Å². The lowest BCUT2D eigenvalue weighted by Crippen LogP contribution is -2.35. The second-order valence-electron chi connectivity index (χ2n) is 8.14. The third-order valence-electron chi connectivity index (χ3n) is 3.41. The molecule has 4 nitrogen and oxygen atoms in total. The molecule has 0 saturated carbocycles. The smallest absolute Gasteiger partial charge is 0.414 e. The van der Waals surface area contributed by atoms with Gasteiger partial charge in [-0.2, -0.15) is 0 Å². The number of hydrogen-bond donors (Lipinski definition) is 1. The number of ether oxygens (including phenoxy) is 1. The van der Waals surface area contributed by atoms with Crippen molar-refractivity contribution in [2.45, 2.75) is 53.6 Å². The van der Waals surface area contributed by atoms with Crippen molar-refractivity contribution in [3.63, 3.8) is 0 Å². The summed E-state index contributed by atoms with van der Waals surface area (Å²) >= 11 is 0. The van der Waals surface area contributed by atoms with E-state index in [4.69, 9.17) is 4.74 Å². The first-order valence-electron chi connectivity index (χ1n) is 7.92. The largest absolute Gasteiger partial charge is 0.443 e. The Balaban J connectivity index is 2.09. The van der Waals surface area contributed by atoms with Crippen molar-refractivity contribution >= 4 is 17.5 Å². The van der Waals surface area contributed by atoms with Crippen LogP contribution in [-0.4, -0.2) is 24.8 Å². The number of carbonyl (C=O) groups excluding carboxylic acids is 1. The highest BCUT2D eigenvalue weighted by Crippen LogP contribution is 2.32. The molecule has 122 valence electrons. The van der Waals surface area contributed by atoms with Gasteiger partial charge >= 0.3 is 6.09 Å². The Morgan fingerprint density at radius 1 is 1.23 bits per heavy atom. The van der Waals surface area contributed by atoms with Crippen LogP contribution in [0.3, 0.4) is 0 Å². The number of amides is 1. The van der Waals surface area contributed by atoms with Gasteiger partial charge in [0, 0.05) is 18.8 Å². The molecule has 0 radical (unpaired) electrons. The minimum absolute atomic E-state index is 0.238. The number of nitrogens with one attached hydrogen (secondary N) is 1. The number of nitrogens with zero attached hydrogens (tertiary/aromatic N) is 1. The van der Waals surface area contributed by atoms with Crippen LogP contribution in [0.25, 0.3) is 0 Å². The monoisotopic (exact) mass is 304 g/mol.